The van der Waals surface area contributed by atoms with Gasteiger partial charge in [-0.05, 0) is 36.8 Å². The van der Waals surface area contributed by atoms with Crippen molar-refractivity contribution in [3.63, 3.8) is 0 Å². The van der Waals surface area contributed by atoms with Gasteiger partial charge >= 0.3 is 0 Å². The van der Waals surface area contributed by atoms with Gasteiger partial charge in [0.15, 0.2) is 0 Å². The quantitative estimate of drug-likeness (QED) is 0.620. The minimum absolute atomic E-state index is 0.00678. The SMILES string of the molecule is CCN(Cc1ccccc1Cl)C(=O)CSCC(=O)Nc1cccc(Br)c1. The first-order valence-electron chi connectivity index (χ1n) is 8.14. The van der Waals surface area contributed by atoms with E-state index in [1.54, 1.807) is 4.90 Å². The molecule has 4 nitrogen and oxygen atoms in total. The van der Waals surface area contributed by atoms with Gasteiger partial charge in [-0.1, -0.05) is 51.8 Å². The molecule has 0 heterocycles. The largest absolute Gasteiger partial charge is 0.338 e. The topological polar surface area (TPSA) is 49.4 Å². The number of hydrogen-bond acceptors (Lipinski definition) is 3. The summed E-state index contributed by atoms with van der Waals surface area (Å²) in [5, 5.41) is 3.47. The van der Waals surface area contributed by atoms with Crippen molar-refractivity contribution in [2.45, 2.75) is 13.5 Å². The Morgan fingerprint density at radius 2 is 1.92 bits per heavy atom. The second kappa shape index (κ2) is 10.6. The zero-order valence-electron chi connectivity index (χ0n) is 14.4. The van der Waals surface area contributed by atoms with Crippen molar-refractivity contribution in [1.82, 2.24) is 4.90 Å². The van der Waals surface area contributed by atoms with Crippen LogP contribution in [-0.2, 0) is 16.1 Å². The first-order valence-corrected chi connectivity index (χ1v) is 10.5. The summed E-state index contributed by atoms with van der Waals surface area (Å²) in [5.41, 5.74) is 1.65. The fraction of sp³-hybridized carbons (Fsp3) is 0.263. The molecule has 0 fully saturated rings. The van der Waals surface area contributed by atoms with Crippen LogP contribution in [0.2, 0.25) is 5.02 Å². The summed E-state index contributed by atoms with van der Waals surface area (Å²) in [7, 11) is 0. The van der Waals surface area contributed by atoms with E-state index in [-0.39, 0.29) is 23.3 Å². The Labute approximate surface area is 171 Å². The molecule has 0 aliphatic carbocycles. The first-order chi connectivity index (χ1) is 12.5. The predicted octanol–water partition coefficient (Wildman–Crippen LogP) is 4.82. The van der Waals surface area contributed by atoms with Crippen molar-refractivity contribution in [1.29, 1.82) is 0 Å². The second-order valence-corrected chi connectivity index (χ2v) is 7.86. The molecule has 2 amide bonds. The Morgan fingerprint density at radius 1 is 1.15 bits per heavy atom. The number of amides is 2. The molecule has 2 aromatic rings. The lowest BCUT2D eigenvalue weighted by atomic mass is 10.2. The standard InChI is InChI=1S/C19H20BrClN2O2S/c1-2-23(11-14-6-3-4-9-17(14)21)19(25)13-26-12-18(24)22-16-8-5-7-15(20)10-16/h3-10H,2,11-13H2,1H3,(H,22,24). The third-order valence-corrected chi connectivity index (χ3v) is 5.40. The fourth-order valence-corrected chi connectivity index (χ4v) is 3.61. The molecule has 0 radical (unpaired) electrons. The zero-order valence-corrected chi connectivity index (χ0v) is 17.5. The number of nitrogens with zero attached hydrogens (tertiary/aromatic N) is 1. The van der Waals surface area contributed by atoms with Crippen LogP contribution in [0.3, 0.4) is 0 Å². The van der Waals surface area contributed by atoms with Gasteiger partial charge in [-0.3, -0.25) is 9.59 Å². The molecular formula is C19H20BrClN2O2S. The van der Waals surface area contributed by atoms with Crippen molar-refractivity contribution < 1.29 is 9.59 Å². The van der Waals surface area contributed by atoms with Crippen LogP contribution in [-0.4, -0.2) is 34.8 Å². The summed E-state index contributed by atoms with van der Waals surface area (Å²) >= 11 is 10.8. The number of carbonyl (C=O) groups excluding carboxylic acids is 2. The molecule has 7 heteroatoms. The van der Waals surface area contributed by atoms with Crippen LogP contribution in [0.15, 0.2) is 53.0 Å². The molecule has 0 saturated heterocycles. The van der Waals surface area contributed by atoms with Crippen LogP contribution in [0.25, 0.3) is 0 Å². The molecule has 26 heavy (non-hydrogen) atoms. The summed E-state index contributed by atoms with van der Waals surface area (Å²) in [4.78, 5) is 26.1. The normalized spacial score (nSPS) is 10.4. The van der Waals surface area contributed by atoms with Gasteiger partial charge in [0.05, 0.1) is 11.5 Å². The lowest BCUT2D eigenvalue weighted by Crippen LogP contribution is -2.32. The van der Waals surface area contributed by atoms with E-state index in [4.69, 9.17) is 11.6 Å². The van der Waals surface area contributed by atoms with Gasteiger partial charge < -0.3 is 10.2 Å². The van der Waals surface area contributed by atoms with Gasteiger partial charge in [-0.2, -0.15) is 0 Å². The molecule has 0 aromatic heterocycles. The van der Waals surface area contributed by atoms with Gasteiger partial charge in [0.25, 0.3) is 0 Å². The van der Waals surface area contributed by atoms with E-state index in [0.29, 0.717) is 18.1 Å². The number of halogens is 2. The van der Waals surface area contributed by atoms with E-state index in [0.717, 1.165) is 15.7 Å². The van der Waals surface area contributed by atoms with E-state index in [2.05, 4.69) is 21.2 Å². The average Bonchev–Trinajstić information content (AvgIpc) is 2.61. The average molecular weight is 456 g/mol. The lowest BCUT2D eigenvalue weighted by molar-refractivity contribution is -0.128. The number of anilines is 1. The summed E-state index contributed by atoms with van der Waals surface area (Å²) in [6, 6.07) is 14.9. The van der Waals surface area contributed by atoms with E-state index < -0.39 is 0 Å². The molecule has 2 aromatic carbocycles. The summed E-state index contributed by atoms with van der Waals surface area (Å²) in [6.45, 7) is 2.99. The van der Waals surface area contributed by atoms with E-state index in [9.17, 15) is 9.59 Å². The van der Waals surface area contributed by atoms with Crippen LogP contribution in [0.1, 0.15) is 12.5 Å². The van der Waals surface area contributed by atoms with Crippen LogP contribution in [0.4, 0.5) is 5.69 Å². The Bertz CT molecular complexity index is 773. The van der Waals surface area contributed by atoms with Crippen LogP contribution in [0.5, 0.6) is 0 Å². The maximum atomic E-state index is 12.4. The predicted molar refractivity (Wildman–Crippen MR) is 113 cm³/mol. The minimum Gasteiger partial charge on any atom is -0.338 e. The van der Waals surface area contributed by atoms with E-state index >= 15 is 0 Å². The van der Waals surface area contributed by atoms with Crippen molar-refractivity contribution in [2.24, 2.45) is 0 Å². The molecule has 0 saturated carbocycles. The minimum atomic E-state index is -0.130. The highest BCUT2D eigenvalue weighted by atomic mass is 79.9. The third-order valence-electron chi connectivity index (χ3n) is 3.62. The third kappa shape index (κ3) is 6.67. The number of benzene rings is 2. The number of hydrogen-bond donors (Lipinski definition) is 1. The highest BCUT2D eigenvalue weighted by Gasteiger charge is 2.14. The Balaban J connectivity index is 1.79. The molecule has 0 aliphatic heterocycles. The number of nitrogens with one attached hydrogen (secondary N) is 1. The molecular weight excluding hydrogens is 436 g/mol. The van der Waals surface area contributed by atoms with Crippen molar-refractivity contribution in [3.05, 3.63) is 63.6 Å². The first kappa shape index (κ1) is 20.8. The Kier molecular flexibility index (Phi) is 8.48. The molecule has 138 valence electrons. The second-order valence-electron chi connectivity index (χ2n) is 5.55. The van der Waals surface area contributed by atoms with Crippen LogP contribution >= 0.6 is 39.3 Å². The summed E-state index contributed by atoms with van der Waals surface area (Å²) < 4.78 is 0.899. The van der Waals surface area contributed by atoms with Gasteiger partial charge in [0, 0.05) is 28.3 Å². The zero-order chi connectivity index (χ0) is 18.9. The molecule has 0 bridgehead atoms. The van der Waals surface area contributed by atoms with Crippen molar-refractivity contribution in [3.8, 4) is 0 Å². The van der Waals surface area contributed by atoms with Gasteiger partial charge in [0.2, 0.25) is 11.8 Å². The molecule has 0 unspecified atom stereocenters. The molecule has 0 aliphatic rings. The molecule has 0 spiro atoms. The van der Waals surface area contributed by atoms with Crippen molar-refractivity contribution >= 4 is 56.8 Å². The van der Waals surface area contributed by atoms with E-state index in [1.807, 2.05) is 55.5 Å². The molecule has 0 atom stereocenters. The van der Waals surface area contributed by atoms with Gasteiger partial charge in [-0.15, -0.1) is 11.8 Å². The van der Waals surface area contributed by atoms with E-state index in [1.165, 1.54) is 11.8 Å². The Morgan fingerprint density at radius 3 is 2.62 bits per heavy atom. The van der Waals surface area contributed by atoms with Gasteiger partial charge in [0.1, 0.15) is 0 Å². The van der Waals surface area contributed by atoms with Crippen molar-refractivity contribution in [2.75, 3.05) is 23.4 Å². The molecule has 1 N–H and O–H groups in total. The highest BCUT2D eigenvalue weighted by molar-refractivity contribution is 9.10. The summed E-state index contributed by atoms with van der Waals surface area (Å²) in [6.07, 6.45) is 0. The maximum Gasteiger partial charge on any atom is 0.234 e. The fourth-order valence-electron chi connectivity index (χ4n) is 2.29. The highest BCUT2D eigenvalue weighted by Crippen LogP contribution is 2.18. The van der Waals surface area contributed by atoms with Gasteiger partial charge in [-0.25, -0.2) is 0 Å². The Hall–Kier alpha value is -1.50. The summed E-state index contributed by atoms with van der Waals surface area (Å²) in [5.74, 6) is 0.342. The smallest absolute Gasteiger partial charge is 0.234 e. The monoisotopic (exact) mass is 454 g/mol. The molecule has 2 rings (SSSR count). The number of carbonyl (C=O) groups is 2. The van der Waals surface area contributed by atoms with Crippen LogP contribution in [0, 0.1) is 0 Å². The number of thioether (sulfide) groups is 1. The van der Waals surface area contributed by atoms with Crippen LogP contribution < -0.4 is 5.32 Å². The lowest BCUT2D eigenvalue weighted by Gasteiger charge is -2.21. The number of rotatable bonds is 8. The maximum absolute atomic E-state index is 12.4.